The molecule has 3 rings (SSSR count). The van der Waals surface area contributed by atoms with E-state index in [1.807, 2.05) is 24.3 Å². The van der Waals surface area contributed by atoms with E-state index in [1.165, 1.54) is 4.57 Å². The van der Waals surface area contributed by atoms with Gasteiger partial charge in [0.1, 0.15) is 21.9 Å². The zero-order valence-electron chi connectivity index (χ0n) is 18.1. The lowest BCUT2D eigenvalue weighted by molar-refractivity contribution is -0.152. The van der Waals surface area contributed by atoms with E-state index >= 15 is 0 Å². The van der Waals surface area contributed by atoms with E-state index in [4.69, 9.17) is 15.2 Å². The van der Waals surface area contributed by atoms with Crippen molar-refractivity contribution in [2.45, 2.75) is 39.7 Å². The molecule has 3 aromatic rings. The molecule has 1 aromatic carbocycles. The van der Waals surface area contributed by atoms with Crippen molar-refractivity contribution in [3.05, 3.63) is 56.4 Å². The van der Waals surface area contributed by atoms with Crippen LogP contribution >= 0.6 is 11.3 Å². The van der Waals surface area contributed by atoms with Gasteiger partial charge in [0.25, 0.3) is 11.5 Å². The number of rotatable bonds is 7. The fourth-order valence-electron chi connectivity index (χ4n) is 3.48. The summed E-state index contributed by atoms with van der Waals surface area (Å²) in [5.41, 5.74) is 5.11. The van der Waals surface area contributed by atoms with E-state index in [0.29, 0.717) is 28.4 Å². The molecule has 0 aliphatic carbocycles. The first kappa shape index (κ1) is 22.5. The number of hydrogen-bond acceptors (Lipinski definition) is 7. The number of methoxy groups -OCH3 is 1. The van der Waals surface area contributed by atoms with Crippen molar-refractivity contribution in [2.75, 3.05) is 13.7 Å². The molecule has 31 heavy (non-hydrogen) atoms. The molecule has 164 valence electrons. The van der Waals surface area contributed by atoms with Gasteiger partial charge in [0.15, 0.2) is 0 Å². The van der Waals surface area contributed by atoms with E-state index in [0.717, 1.165) is 16.9 Å². The van der Waals surface area contributed by atoms with Gasteiger partial charge in [-0.1, -0.05) is 12.1 Å². The monoisotopic (exact) mass is 443 g/mol. The minimum Gasteiger partial charge on any atom is -0.497 e. The lowest BCUT2D eigenvalue weighted by Gasteiger charge is -2.27. The van der Waals surface area contributed by atoms with Gasteiger partial charge in [0.05, 0.1) is 24.0 Å². The average molecular weight is 444 g/mol. The number of nitrogens with two attached hydrogens (primary N) is 1. The van der Waals surface area contributed by atoms with Gasteiger partial charge < -0.3 is 15.2 Å². The molecule has 9 heteroatoms. The van der Waals surface area contributed by atoms with Gasteiger partial charge in [-0.25, -0.2) is 9.78 Å². The van der Waals surface area contributed by atoms with Crippen LogP contribution in [0.25, 0.3) is 10.2 Å². The Bertz CT molecular complexity index is 1210. The standard InChI is InChI=1S/C22H25N3O5S/c1-6-30-21(28)22(3,4)25-15(11-13-7-9-14(29-5)10-8-13)24-19-16(20(25)27)12(2)17(31-19)18(23)26/h7-10H,6,11H2,1-5H3,(H2,23,26). The van der Waals surface area contributed by atoms with Crippen LogP contribution in [-0.4, -0.2) is 35.1 Å². The van der Waals surface area contributed by atoms with E-state index < -0.39 is 23.0 Å². The minimum atomic E-state index is -1.31. The molecule has 0 aliphatic heterocycles. The molecule has 0 unspecified atom stereocenters. The first-order valence-corrected chi connectivity index (χ1v) is 10.6. The predicted octanol–water partition coefficient (Wildman–Crippen LogP) is 2.76. The number of esters is 1. The maximum Gasteiger partial charge on any atom is 0.331 e. The molecule has 0 atom stereocenters. The van der Waals surface area contributed by atoms with Crippen molar-refractivity contribution in [2.24, 2.45) is 5.73 Å². The van der Waals surface area contributed by atoms with Crippen molar-refractivity contribution < 1.29 is 19.1 Å². The van der Waals surface area contributed by atoms with Crippen LogP contribution in [-0.2, 0) is 21.5 Å². The molecule has 0 saturated heterocycles. The number of carbonyl (C=O) groups excluding carboxylic acids is 2. The number of carbonyl (C=O) groups is 2. The van der Waals surface area contributed by atoms with Crippen LogP contribution in [0.15, 0.2) is 29.1 Å². The zero-order chi connectivity index (χ0) is 22.9. The third-order valence-corrected chi connectivity index (χ3v) is 6.31. The Balaban J connectivity index is 2.28. The molecule has 0 radical (unpaired) electrons. The summed E-state index contributed by atoms with van der Waals surface area (Å²) in [6.45, 7) is 6.79. The van der Waals surface area contributed by atoms with Crippen LogP contribution in [0.2, 0.25) is 0 Å². The summed E-state index contributed by atoms with van der Waals surface area (Å²) in [6, 6.07) is 7.36. The van der Waals surface area contributed by atoms with E-state index in [1.54, 1.807) is 34.8 Å². The van der Waals surface area contributed by atoms with E-state index in [-0.39, 0.29) is 16.9 Å². The molecule has 0 spiro atoms. The summed E-state index contributed by atoms with van der Waals surface area (Å²) in [5, 5.41) is 0.287. The lowest BCUT2D eigenvalue weighted by atomic mass is 10.0. The third kappa shape index (κ3) is 4.05. The van der Waals surface area contributed by atoms with Crippen LogP contribution in [0.4, 0.5) is 0 Å². The Hall–Kier alpha value is -3.20. The Morgan fingerprint density at radius 3 is 2.42 bits per heavy atom. The summed E-state index contributed by atoms with van der Waals surface area (Å²) >= 11 is 1.08. The quantitative estimate of drug-likeness (QED) is 0.562. The van der Waals surface area contributed by atoms with Gasteiger partial charge >= 0.3 is 5.97 Å². The van der Waals surface area contributed by atoms with Crippen molar-refractivity contribution in [1.29, 1.82) is 0 Å². The highest BCUT2D eigenvalue weighted by Crippen LogP contribution is 2.29. The summed E-state index contributed by atoms with van der Waals surface area (Å²) in [7, 11) is 1.58. The second kappa shape index (κ2) is 8.50. The van der Waals surface area contributed by atoms with Crippen LogP contribution in [0, 0.1) is 6.92 Å². The molecular formula is C22H25N3O5S. The molecule has 2 aromatic heterocycles. The van der Waals surface area contributed by atoms with Crippen LogP contribution < -0.4 is 16.0 Å². The molecule has 2 N–H and O–H groups in total. The normalized spacial score (nSPS) is 11.5. The fraction of sp³-hybridized carbons (Fsp3) is 0.364. The second-order valence-electron chi connectivity index (χ2n) is 7.57. The number of aromatic nitrogens is 2. The number of fused-ring (bicyclic) bond motifs is 1. The van der Waals surface area contributed by atoms with Crippen molar-refractivity contribution >= 4 is 33.4 Å². The van der Waals surface area contributed by atoms with Crippen molar-refractivity contribution in [1.82, 2.24) is 9.55 Å². The molecule has 0 bridgehead atoms. The zero-order valence-corrected chi connectivity index (χ0v) is 19.0. The van der Waals surface area contributed by atoms with Crippen LogP contribution in [0.3, 0.4) is 0 Å². The molecule has 0 saturated carbocycles. The van der Waals surface area contributed by atoms with Gasteiger partial charge in [0, 0.05) is 6.42 Å². The highest BCUT2D eigenvalue weighted by atomic mass is 32.1. The largest absolute Gasteiger partial charge is 0.497 e. The Morgan fingerprint density at radius 1 is 1.23 bits per heavy atom. The van der Waals surface area contributed by atoms with Crippen molar-refractivity contribution in [3.8, 4) is 5.75 Å². The summed E-state index contributed by atoms with van der Waals surface area (Å²) in [5.74, 6) is -0.0700. The van der Waals surface area contributed by atoms with Crippen molar-refractivity contribution in [3.63, 3.8) is 0 Å². The third-order valence-electron chi connectivity index (χ3n) is 5.11. The SMILES string of the molecule is CCOC(=O)C(C)(C)n1c(Cc2ccc(OC)cc2)nc2sc(C(N)=O)c(C)c2c1=O. The summed E-state index contributed by atoms with van der Waals surface area (Å²) in [4.78, 5) is 43.5. The Labute approximate surface area is 183 Å². The first-order valence-electron chi connectivity index (χ1n) is 9.77. The average Bonchev–Trinajstić information content (AvgIpc) is 3.05. The smallest absolute Gasteiger partial charge is 0.331 e. The number of amides is 1. The van der Waals surface area contributed by atoms with Gasteiger partial charge in [-0.3, -0.25) is 14.2 Å². The second-order valence-corrected chi connectivity index (χ2v) is 8.57. The fourth-order valence-corrected chi connectivity index (χ4v) is 4.52. The van der Waals surface area contributed by atoms with Gasteiger partial charge in [-0.2, -0.15) is 0 Å². The summed E-state index contributed by atoms with van der Waals surface area (Å²) < 4.78 is 11.8. The Kier molecular flexibility index (Phi) is 6.17. The highest BCUT2D eigenvalue weighted by molar-refractivity contribution is 7.20. The van der Waals surface area contributed by atoms with E-state index in [2.05, 4.69) is 4.98 Å². The molecule has 0 aliphatic rings. The topological polar surface area (TPSA) is 114 Å². The number of ether oxygens (including phenoxy) is 2. The number of aryl methyl sites for hydroxylation is 1. The molecular weight excluding hydrogens is 418 g/mol. The summed E-state index contributed by atoms with van der Waals surface area (Å²) in [6.07, 6.45) is 0.293. The first-order chi connectivity index (χ1) is 14.6. The number of hydrogen-bond donors (Lipinski definition) is 1. The maximum atomic E-state index is 13.6. The lowest BCUT2D eigenvalue weighted by Crippen LogP contribution is -2.46. The predicted molar refractivity (Wildman–Crippen MR) is 119 cm³/mol. The van der Waals surface area contributed by atoms with Gasteiger partial charge in [-0.05, 0) is 51.0 Å². The number of benzene rings is 1. The number of thiophene rings is 1. The number of nitrogens with zero attached hydrogens (tertiary/aromatic N) is 2. The van der Waals surface area contributed by atoms with Crippen LogP contribution in [0.1, 0.15) is 47.4 Å². The maximum absolute atomic E-state index is 13.6. The van der Waals surface area contributed by atoms with Gasteiger partial charge in [-0.15, -0.1) is 11.3 Å². The molecule has 0 fully saturated rings. The molecule has 1 amide bonds. The van der Waals surface area contributed by atoms with Crippen LogP contribution in [0.5, 0.6) is 5.75 Å². The van der Waals surface area contributed by atoms with E-state index in [9.17, 15) is 14.4 Å². The minimum absolute atomic E-state index is 0.184. The highest BCUT2D eigenvalue weighted by Gasteiger charge is 2.36. The molecule has 8 nitrogen and oxygen atoms in total. The van der Waals surface area contributed by atoms with Gasteiger partial charge in [0.2, 0.25) is 0 Å². The Morgan fingerprint density at radius 2 is 1.87 bits per heavy atom. The number of primary amides is 1. The molecule has 2 heterocycles.